The fourth-order valence-corrected chi connectivity index (χ4v) is 4.17. The number of nitrogens with one attached hydrogen (secondary N) is 1. The van der Waals surface area contributed by atoms with Gasteiger partial charge in [0.25, 0.3) is 0 Å². The van der Waals surface area contributed by atoms with E-state index in [1.54, 1.807) is 0 Å². The Bertz CT molecular complexity index is 921. The number of benzene rings is 2. The van der Waals surface area contributed by atoms with Crippen LogP contribution in [0, 0.1) is 6.92 Å². The minimum atomic E-state index is 0.566. The van der Waals surface area contributed by atoms with Gasteiger partial charge in [-0.05, 0) is 37.5 Å². The number of hydrogen-bond acceptors (Lipinski definition) is 3. The summed E-state index contributed by atoms with van der Waals surface area (Å²) in [6.07, 6.45) is 2.47. The number of piperidine rings is 1. The standard InChI is InChI=1S/C22H23N3O/c1-15-6-8-16(9-7-15)14-26-19-5-3-2-4-18(19)21-22-20(23-24-21)17-10-12-25(22)13-11-17/h2-9,17H,10-14H2,1H3,(H,23,24). The first-order chi connectivity index (χ1) is 12.8. The van der Waals surface area contributed by atoms with Crippen molar-refractivity contribution < 1.29 is 4.74 Å². The van der Waals surface area contributed by atoms with Crippen molar-refractivity contribution in [2.24, 2.45) is 0 Å². The van der Waals surface area contributed by atoms with Crippen molar-refractivity contribution in [1.82, 2.24) is 10.2 Å². The molecular weight excluding hydrogens is 322 g/mol. The highest BCUT2D eigenvalue weighted by molar-refractivity contribution is 5.82. The van der Waals surface area contributed by atoms with E-state index in [0.717, 1.165) is 30.1 Å². The molecule has 6 rings (SSSR count). The monoisotopic (exact) mass is 345 g/mol. The van der Waals surface area contributed by atoms with E-state index in [4.69, 9.17) is 4.74 Å². The fraction of sp³-hybridized carbons (Fsp3) is 0.318. The molecule has 26 heavy (non-hydrogen) atoms. The van der Waals surface area contributed by atoms with Crippen LogP contribution in [0.3, 0.4) is 0 Å². The second-order valence-electron chi connectivity index (χ2n) is 7.37. The molecule has 0 atom stereocenters. The minimum absolute atomic E-state index is 0.566. The van der Waals surface area contributed by atoms with Crippen LogP contribution in [0.5, 0.6) is 5.75 Å². The van der Waals surface area contributed by atoms with E-state index >= 15 is 0 Å². The number of hydrogen-bond donors (Lipinski definition) is 1. The number of H-pyrrole nitrogens is 1. The van der Waals surface area contributed by atoms with E-state index in [1.807, 2.05) is 12.1 Å². The lowest BCUT2D eigenvalue weighted by Gasteiger charge is -2.40. The predicted octanol–water partition coefficient (Wildman–Crippen LogP) is 4.66. The molecule has 132 valence electrons. The van der Waals surface area contributed by atoms with E-state index in [0.29, 0.717) is 12.5 Å². The first-order valence-corrected chi connectivity index (χ1v) is 9.40. The minimum Gasteiger partial charge on any atom is -0.488 e. The zero-order chi connectivity index (χ0) is 17.5. The number of ether oxygens (including phenoxy) is 1. The van der Waals surface area contributed by atoms with Crippen LogP contribution in [0.15, 0.2) is 48.5 Å². The summed E-state index contributed by atoms with van der Waals surface area (Å²) in [5.41, 5.74) is 7.15. The van der Waals surface area contributed by atoms with Crippen LogP contribution in [-0.4, -0.2) is 23.3 Å². The van der Waals surface area contributed by atoms with E-state index in [-0.39, 0.29) is 0 Å². The largest absolute Gasteiger partial charge is 0.488 e. The summed E-state index contributed by atoms with van der Waals surface area (Å²) in [6, 6.07) is 16.7. The van der Waals surface area contributed by atoms with Crippen LogP contribution in [0.2, 0.25) is 0 Å². The average molecular weight is 345 g/mol. The van der Waals surface area contributed by atoms with Crippen LogP contribution in [-0.2, 0) is 6.61 Å². The van der Waals surface area contributed by atoms with Crippen LogP contribution in [0.1, 0.15) is 35.6 Å². The summed E-state index contributed by atoms with van der Waals surface area (Å²) in [7, 11) is 0. The molecule has 1 fully saturated rings. The quantitative estimate of drug-likeness (QED) is 0.747. The number of anilines is 1. The average Bonchev–Trinajstić information content (AvgIpc) is 3.16. The van der Waals surface area contributed by atoms with Crippen molar-refractivity contribution in [2.45, 2.75) is 32.3 Å². The van der Waals surface area contributed by atoms with E-state index < -0.39 is 0 Å². The third-order valence-corrected chi connectivity index (χ3v) is 5.64. The van der Waals surface area contributed by atoms with Gasteiger partial charge in [0.15, 0.2) is 0 Å². The number of aryl methyl sites for hydroxylation is 1. The van der Waals surface area contributed by atoms with E-state index in [2.05, 4.69) is 58.4 Å². The van der Waals surface area contributed by atoms with Gasteiger partial charge in [0.05, 0.1) is 11.4 Å². The number of aromatic amines is 1. The molecule has 0 unspecified atom stereocenters. The highest BCUT2D eigenvalue weighted by atomic mass is 16.5. The summed E-state index contributed by atoms with van der Waals surface area (Å²) in [4.78, 5) is 2.48. The Morgan fingerprint density at radius 1 is 1.08 bits per heavy atom. The molecule has 4 heterocycles. The van der Waals surface area contributed by atoms with Gasteiger partial charge in [0.2, 0.25) is 0 Å². The maximum absolute atomic E-state index is 6.19. The van der Waals surface area contributed by atoms with Gasteiger partial charge in [0, 0.05) is 24.6 Å². The van der Waals surface area contributed by atoms with Crippen LogP contribution in [0.25, 0.3) is 11.3 Å². The first-order valence-electron chi connectivity index (χ1n) is 9.40. The number of aromatic nitrogens is 2. The van der Waals surface area contributed by atoms with Crippen molar-refractivity contribution >= 4 is 5.69 Å². The lowest BCUT2D eigenvalue weighted by Crippen LogP contribution is -2.38. The van der Waals surface area contributed by atoms with Gasteiger partial charge in [-0.3, -0.25) is 5.10 Å². The maximum Gasteiger partial charge on any atom is 0.129 e. The molecule has 2 aromatic carbocycles. The highest BCUT2D eigenvalue weighted by Gasteiger charge is 2.35. The topological polar surface area (TPSA) is 41.1 Å². The third-order valence-electron chi connectivity index (χ3n) is 5.64. The van der Waals surface area contributed by atoms with Gasteiger partial charge in [-0.1, -0.05) is 42.0 Å². The second kappa shape index (κ2) is 6.20. The molecule has 1 saturated heterocycles. The molecule has 0 radical (unpaired) electrons. The molecule has 4 heteroatoms. The Labute approximate surface area is 153 Å². The number of nitrogens with zero attached hydrogens (tertiary/aromatic N) is 2. The summed E-state index contributed by atoms with van der Waals surface area (Å²) in [5.74, 6) is 1.53. The molecule has 2 bridgehead atoms. The molecule has 3 aliphatic heterocycles. The summed E-state index contributed by atoms with van der Waals surface area (Å²) in [5, 5.41) is 8.01. The van der Waals surface area contributed by atoms with Crippen LogP contribution in [0.4, 0.5) is 5.69 Å². The Hall–Kier alpha value is -2.75. The van der Waals surface area contributed by atoms with Crippen molar-refractivity contribution in [1.29, 1.82) is 0 Å². The van der Waals surface area contributed by atoms with E-state index in [9.17, 15) is 0 Å². The van der Waals surface area contributed by atoms with Gasteiger partial charge >= 0.3 is 0 Å². The molecule has 0 aliphatic carbocycles. The number of fused-ring (bicyclic) bond motifs is 2. The van der Waals surface area contributed by atoms with Crippen molar-refractivity contribution in [2.75, 3.05) is 18.0 Å². The highest BCUT2D eigenvalue weighted by Crippen LogP contribution is 2.47. The van der Waals surface area contributed by atoms with Gasteiger partial charge in [0.1, 0.15) is 18.1 Å². The Balaban J connectivity index is 1.47. The smallest absolute Gasteiger partial charge is 0.129 e. The molecule has 0 saturated carbocycles. The van der Waals surface area contributed by atoms with Crippen LogP contribution < -0.4 is 9.64 Å². The lowest BCUT2D eigenvalue weighted by molar-refractivity contribution is 0.307. The van der Waals surface area contributed by atoms with Crippen molar-refractivity contribution in [3.05, 3.63) is 65.4 Å². The zero-order valence-corrected chi connectivity index (χ0v) is 15.0. The maximum atomic E-state index is 6.19. The molecule has 0 amide bonds. The predicted molar refractivity (Wildman–Crippen MR) is 104 cm³/mol. The SMILES string of the molecule is Cc1ccc(COc2ccccc2-c2n[nH]c3c2N2CCC3CC2)cc1. The second-order valence-corrected chi connectivity index (χ2v) is 7.37. The normalized spacial score (nSPS) is 16.0. The molecule has 4 nitrogen and oxygen atoms in total. The summed E-state index contributed by atoms with van der Waals surface area (Å²) < 4.78 is 6.19. The van der Waals surface area contributed by atoms with Gasteiger partial charge in [-0.25, -0.2) is 0 Å². The van der Waals surface area contributed by atoms with Crippen molar-refractivity contribution in [3.8, 4) is 17.0 Å². The zero-order valence-electron chi connectivity index (χ0n) is 15.0. The van der Waals surface area contributed by atoms with Crippen LogP contribution >= 0.6 is 0 Å². The van der Waals surface area contributed by atoms with Gasteiger partial charge < -0.3 is 9.64 Å². The summed E-state index contributed by atoms with van der Waals surface area (Å²) >= 11 is 0. The Morgan fingerprint density at radius 3 is 2.65 bits per heavy atom. The fourth-order valence-electron chi connectivity index (χ4n) is 4.17. The molecule has 3 aromatic rings. The number of rotatable bonds is 4. The Morgan fingerprint density at radius 2 is 1.85 bits per heavy atom. The summed E-state index contributed by atoms with van der Waals surface area (Å²) in [6.45, 7) is 4.94. The molecule has 1 aromatic heterocycles. The first kappa shape index (κ1) is 15.5. The molecule has 0 spiro atoms. The molecular formula is C22H23N3O. The number of para-hydroxylation sites is 1. The van der Waals surface area contributed by atoms with E-state index in [1.165, 1.54) is 35.3 Å². The third kappa shape index (κ3) is 2.57. The molecule has 3 aliphatic rings. The van der Waals surface area contributed by atoms with Crippen molar-refractivity contribution in [3.63, 3.8) is 0 Å². The lowest BCUT2D eigenvalue weighted by atomic mass is 9.86. The van der Waals surface area contributed by atoms with Gasteiger partial charge in [-0.15, -0.1) is 0 Å². The van der Waals surface area contributed by atoms with Gasteiger partial charge in [-0.2, -0.15) is 5.10 Å². The Kier molecular flexibility index (Phi) is 3.70. The molecule has 1 N–H and O–H groups in total.